The van der Waals surface area contributed by atoms with E-state index in [-0.39, 0.29) is 0 Å². The molecule has 3 heteroatoms. The topological polar surface area (TPSA) is 30.7 Å². The van der Waals surface area contributed by atoms with E-state index in [1.165, 1.54) is 43.8 Å². The number of nitrogens with zero attached hydrogens (tertiary/aromatic N) is 3. The van der Waals surface area contributed by atoms with Gasteiger partial charge in [0.25, 0.3) is 0 Å². The van der Waals surface area contributed by atoms with Crippen LogP contribution in [0.5, 0.6) is 0 Å². The Balaban J connectivity index is 1.09. The summed E-state index contributed by atoms with van der Waals surface area (Å²) in [7, 11) is 0. The minimum atomic E-state index is 0.923. The molecular weight excluding hydrogens is 643 g/mol. The summed E-state index contributed by atoms with van der Waals surface area (Å²) in [5.74, 6) is 0.923. The van der Waals surface area contributed by atoms with Gasteiger partial charge in [0.1, 0.15) is 5.82 Å². The normalized spacial score (nSPS) is 11.4. The first-order valence-electron chi connectivity index (χ1n) is 18.0. The Morgan fingerprint density at radius 1 is 0.358 bits per heavy atom. The SMILES string of the molecule is c1ccc(-c2c3ccccc3c(-c3ccccc3)c3cc(-c4ccc(-c5ccc6c(c5)nc(-c5ccccc5)n6-c5ccccc5)cn4)ccc23)cc1. The van der Waals surface area contributed by atoms with Crippen molar-refractivity contribution < 1.29 is 0 Å². The summed E-state index contributed by atoms with van der Waals surface area (Å²) in [6.45, 7) is 0. The maximum absolute atomic E-state index is 5.17. The van der Waals surface area contributed by atoms with E-state index in [1.54, 1.807) is 0 Å². The van der Waals surface area contributed by atoms with Crippen LogP contribution >= 0.6 is 0 Å². The second kappa shape index (κ2) is 12.9. The van der Waals surface area contributed by atoms with E-state index in [2.05, 4.69) is 187 Å². The minimum Gasteiger partial charge on any atom is -0.292 e. The molecule has 0 radical (unpaired) electrons. The van der Waals surface area contributed by atoms with Crippen molar-refractivity contribution in [2.75, 3.05) is 0 Å². The highest BCUT2D eigenvalue weighted by atomic mass is 15.1. The molecule has 0 unspecified atom stereocenters. The highest BCUT2D eigenvalue weighted by Crippen LogP contribution is 2.44. The lowest BCUT2D eigenvalue weighted by Gasteiger charge is -2.18. The predicted octanol–water partition coefficient (Wildman–Crippen LogP) is 13.1. The number of para-hydroxylation sites is 1. The average molecular weight is 676 g/mol. The summed E-state index contributed by atoms with van der Waals surface area (Å²) >= 11 is 0. The maximum Gasteiger partial charge on any atom is 0.145 e. The molecule has 248 valence electrons. The largest absolute Gasteiger partial charge is 0.292 e. The number of rotatable bonds is 6. The Bertz CT molecular complexity index is 2900. The highest BCUT2D eigenvalue weighted by molar-refractivity contribution is 6.21. The van der Waals surface area contributed by atoms with Crippen LogP contribution in [0.15, 0.2) is 200 Å². The Morgan fingerprint density at radius 3 is 1.51 bits per heavy atom. The molecule has 2 heterocycles. The summed E-state index contributed by atoms with van der Waals surface area (Å²) in [5, 5.41) is 4.94. The van der Waals surface area contributed by atoms with E-state index in [0.717, 1.165) is 50.5 Å². The lowest BCUT2D eigenvalue weighted by atomic mass is 9.85. The fourth-order valence-corrected chi connectivity index (χ4v) is 7.78. The van der Waals surface area contributed by atoms with E-state index in [1.807, 2.05) is 18.3 Å². The van der Waals surface area contributed by atoms with E-state index in [9.17, 15) is 0 Å². The van der Waals surface area contributed by atoms with E-state index < -0.39 is 0 Å². The van der Waals surface area contributed by atoms with Crippen LogP contribution in [0.3, 0.4) is 0 Å². The zero-order chi connectivity index (χ0) is 35.1. The van der Waals surface area contributed by atoms with Crippen LogP contribution in [-0.4, -0.2) is 14.5 Å². The van der Waals surface area contributed by atoms with Gasteiger partial charge in [0.05, 0.1) is 16.7 Å². The summed E-state index contributed by atoms with van der Waals surface area (Å²) in [4.78, 5) is 10.2. The number of benzene rings is 8. The van der Waals surface area contributed by atoms with Gasteiger partial charge in [0.15, 0.2) is 0 Å². The molecule has 2 aromatic heterocycles. The van der Waals surface area contributed by atoms with Crippen LogP contribution in [0.2, 0.25) is 0 Å². The molecule has 0 spiro atoms. The standard InChI is InChI=1S/C50H33N3/c1-5-15-34(16-6-1)48-41-23-13-14-24-42(41)49(35-17-7-2-8-18-35)44-31-38(25-28-43(44)48)45-29-26-39(33-51-45)37-27-30-47-46(32-37)52-50(36-19-9-3-10-20-36)53(47)40-21-11-4-12-22-40/h1-33H. The van der Waals surface area contributed by atoms with Crippen molar-refractivity contribution in [2.24, 2.45) is 0 Å². The van der Waals surface area contributed by atoms with Crippen molar-refractivity contribution >= 4 is 32.6 Å². The van der Waals surface area contributed by atoms with Crippen LogP contribution < -0.4 is 0 Å². The van der Waals surface area contributed by atoms with Crippen LogP contribution in [0.1, 0.15) is 0 Å². The van der Waals surface area contributed by atoms with Crippen LogP contribution in [0, 0.1) is 0 Å². The predicted molar refractivity (Wildman–Crippen MR) is 221 cm³/mol. The number of hydrogen-bond acceptors (Lipinski definition) is 2. The van der Waals surface area contributed by atoms with Crippen LogP contribution in [0.25, 0.3) is 94.3 Å². The molecule has 3 nitrogen and oxygen atoms in total. The lowest BCUT2D eigenvalue weighted by Crippen LogP contribution is -1.97. The molecule has 0 atom stereocenters. The van der Waals surface area contributed by atoms with Gasteiger partial charge in [-0.1, -0.05) is 158 Å². The molecule has 0 aliphatic rings. The van der Waals surface area contributed by atoms with Gasteiger partial charge in [-0.05, 0) is 85.8 Å². The summed E-state index contributed by atoms with van der Waals surface area (Å²) in [6.07, 6.45) is 1.99. The van der Waals surface area contributed by atoms with Crippen molar-refractivity contribution in [1.29, 1.82) is 0 Å². The van der Waals surface area contributed by atoms with Crippen molar-refractivity contribution in [2.45, 2.75) is 0 Å². The van der Waals surface area contributed by atoms with Gasteiger partial charge >= 0.3 is 0 Å². The van der Waals surface area contributed by atoms with E-state index in [4.69, 9.17) is 9.97 Å². The Hall–Kier alpha value is -7.10. The zero-order valence-electron chi connectivity index (χ0n) is 28.9. The monoisotopic (exact) mass is 675 g/mol. The molecule has 0 aliphatic carbocycles. The second-order valence-corrected chi connectivity index (χ2v) is 13.4. The second-order valence-electron chi connectivity index (χ2n) is 13.4. The number of imidazole rings is 1. The Kier molecular flexibility index (Phi) is 7.47. The highest BCUT2D eigenvalue weighted by Gasteiger charge is 2.18. The third kappa shape index (κ3) is 5.38. The molecule has 0 saturated carbocycles. The first-order valence-corrected chi connectivity index (χ1v) is 18.0. The molecule has 10 rings (SSSR count). The van der Waals surface area contributed by atoms with Crippen LogP contribution in [-0.2, 0) is 0 Å². The van der Waals surface area contributed by atoms with Gasteiger partial charge in [-0.3, -0.25) is 9.55 Å². The zero-order valence-corrected chi connectivity index (χ0v) is 28.9. The number of aromatic nitrogens is 3. The fourth-order valence-electron chi connectivity index (χ4n) is 7.78. The lowest BCUT2D eigenvalue weighted by molar-refractivity contribution is 1.10. The number of hydrogen-bond donors (Lipinski definition) is 0. The van der Waals surface area contributed by atoms with Gasteiger partial charge in [-0.2, -0.15) is 0 Å². The average Bonchev–Trinajstić information content (AvgIpc) is 3.63. The molecule has 0 saturated heterocycles. The molecular formula is C50H33N3. The van der Waals surface area contributed by atoms with Crippen molar-refractivity contribution in [3.63, 3.8) is 0 Å². The smallest absolute Gasteiger partial charge is 0.145 e. The molecule has 10 aromatic rings. The Labute approximate surface area is 308 Å². The van der Waals surface area contributed by atoms with Gasteiger partial charge in [-0.15, -0.1) is 0 Å². The van der Waals surface area contributed by atoms with Gasteiger partial charge in [0, 0.05) is 28.6 Å². The molecule has 0 fully saturated rings. The Morgan fingerprint density at radius 2 is 0.887 bits per heavy atom. The third-order valence-corrected chi connectivity index (χ3v) is 10.2. The fraction of sp³-hybridized carbons (Fsp3) is 0. The molecule has 53 heavy (non-hydrogen) atoms. The van der Waals surface area contributed by atoms with Gasteiger partial charge in [-0.25, -0.2) is 4.98 Å². The molecule has 0 aliphatic heterocycles. The first kappa shape index (κ1) is 30.7. The van der Waals surface area contributed by atoms with Crippen molar-refractivity contribution in [3.8, 4) is 61.7 Å². The molecule has 0 N–H and O–H groups in total. The number of fused-ring (bicyclic) bond motifs is 3. The molecule has 8 aromatic carbocycles. The minimum absolute atomic E-state index is 0.923. The summed E-state index contributed by atoms with van der Waals surface area (Å²) in [6, 6.07) is 68.8. The van der Waals surface area contributed by atoms with E-state index >= 15 is 0 Å². The van der Waals surface area contributed by atoms with Crippen molar-refractivity contribution in [1.82, 2.24) is 14.5 Å². The first-order chi connectivity index (χ1) is 26.3. The third-order valence-electron chi connectivity index (χ3n) is 10.2. The molecule has 0 amide bonds. The number of pyridine rings is 1. The molecule has 0 bridgehead atoms. The van der Waals surface area contributed by atoms with Gasteiger partial charge in [0.2, 0.25) is 0 Å². The quantitative estimate of drug-likeness (QED) is 0.164. The summed E-state index contributed by atoms with van der Waals surface area (Å²) in [5.41, 5.74) is 13.2. The van der Waals surface area contributed by atoms with Crippen LogP contribution in [0.4, 0.5) is 0 Å². The maximum atomic E-state index is 5.17. The van der Waals surface area contributed by atoms with E-state index in [0.29, 0.717) is 0 Å². The van der Waals surface area contributed by atoms with Crippen molar-refractivity contribution in [3.05, 3.63) is 200 Å². The van der Waals surface area contributed by atoms with Gasteiger partial charge < -0.3 is 0 Å². The summed E-state index contributed by atoms with van der Waals surface area (Å²) < 4.78 is 2.24.